The Labute approximate surface area is 304 Å². The van der Waals surface area contributed by atoms with Crippen LogP contribution in [0.15, 0.2) is 156 Å². The van der Waals surface area contributed by atoms with Crippen molar-refractivity contribution in [2.24, 2.45) is 0 Å². The van der Waals surface area contributed by atoms with Gasteiger partial charge < -0.3 is 9.52 Å². The number of pyridine rings is 2. The maximum Gasteiger partial charge on any atom is 0.136 e. The Morgan fingerprint density at radius 3 is 1.92 bits per heavy atom. The number of hydrogen-bond donors (Lipinski definition) is 1. The van der Waals surface area contributed by atoms with Gasteiger partial charge in [0.25, 0.3) is 0 Å². The van der Waals surface area contributed by atoms with Crippen LogP contribution in [0.1, 0.15) is 5.69 Å². The molecule has 4 nitrogen and oxygen atoms in total. The molecule has 50 heavy (non-hydrogen) atoms. The Bertz CT molecular complexity index is 2700. The maximum atomic E-state index is 10.7. The average molecular weight is 825 g/mol. The molecule has 5 heteroatoms. The number of furan rings is 1. The Hall–Kier alpha value is -5.83. The van der Waals surface area contributed by atoms with Crippen LogP contribution in [0.3, 0.4) is 0 Å². The molecular formula is C45H29N2O2Pt-. The summed E-state index contributed by atoms with van der Waals surface area (Å²) in [5, 5.41) is 15.3. The summed E-state index contributed by atoms with van der Waals surface area (Å²) in [5.41, 5.74) is 11.5. The Balaban J connectivity index is 0.00000361. The third kappa shape index (κ3) is 5.78. The minimum Gasteiger partial charge on any atom is -0.507 e. The van der Waals surface area contributed by atoms with E-state index in [1.165, 1.54) is 10.8 Å². The van der Waals surface area contributed by atoms with E-state index in [9.17, 15) is 5.11 Å². The Morgan fingerprint density at radius 2 is 1.14 bits per heavy atom. The predicted molar refractivity (Wildman–Crippen MR) is 199 cm³/mol. The first-order chi connectivity index (χ1) is 24.1. The second-order valence-electron chi connectivity index (χ2n) is 12.4. The summed E-state index contributed by atoms with van der Waals surface area (Å²) < 4.78 is 6.38. The third-order valence-electron chi connectivity index (χ3n) is 9.09. The van der Waals surface area contributed by atoms with Gasteiger partial charge in [-0.15, -0.1) is 24.3 Å². The smallest absolute Gasteiger partial charge is 0.136 e. The molecule has 3 heterocycles. The molecule has 0 aliphatic heterocycles. The van der Waals surface area contributed by atoms with Crippen molar-refractivity contribution in [3.05, 3.63) is 163 Å². The molecule has 0 atom stereocenters. The number of para-hydroxylation sites is 1. The number of phenolic OH excluding ortho intramolecular Hbond substituents is 1. The zero-order chi connectivity index (χ0) is 32.9. The van der Waals surface area contributed by atoms with E-state index in [4.69, 9.17) is 14.4 Å². The molecule has 1 N–H and O–H groups in total. The fraction of sp³-hybridized carbons (Fsp3) is 0.0222. The van der Waals surface area contributed by atoms with E-state index in [1.807, 2.05) is 67.6 Å². The first-order valence-electron chi connectivity index (χ1n) is 16.3. The minimum atomic E-state index is 0. The van der Waals surface area contributed by atoms with E-state index in [0.717, 1.165) is 72.4 Å². The second-order valence-corrected chi connectivity index (χ2v) is 12.4. The topological polar surface area (TPSA) is 59.2 Å². The summed E-state index contributed by atoms with van der Waals surface area (Å²) in [6, 6.07) is 54.7. The van der Waals surface area contributed by atoms with Gasteiger partial charge in [0.05, 0.1) is 5.69 Å². The molecule has 0 fully saturated rings. The van der Waals surface area contributed by atoms with Gasteiger partial charge in [0.1, 0.15) is 16.9 Å². The molecule has 0 radical (unpaired) electrons. The Morgan fingerprint density at radius 1 is 0.500 bits per heavy atom. The molecule has 3 aromatic heterocycles. The fourth-order valence-corrected chi connectivity index (χ4v) is 6.68. The van der Waals surface area contributed by atoms with Gasteiger partial charge >= 0.3 is 0 Å². The van der Waals surface area contributed by atoms with Crippen LogP contribution in [0, 0.1) is 13.0 Å². The van der Waals surface area contributed by atoms with Crippen LogP contribution in [0.4, 0.5) is 0 Å². The quantitative estimate of drug-likeness (QED) is 0.176. The molecule has 0 saturated heterocycles. The SMILES string of the molecule is Cc1cc(-c2ccc3c(c2)oc2cc4ccccc4cc23)cc(-c2[c-]c(-c3cc(-c4ccccc4)cc(-c4ccccc4O)n3)ccc2)n1.[Pt]. The number of aromatic nitrogens is 2. The molecule has 0 unspecified atom stereocenters. The number of hydrogen-bond acceptors (Lipinski definition) is 4. The van der Waals surface area contributed by atoms with Crippen LogP contribution in [0.25, 0.3) is 88.7 Å². The van der Waals surface area contributed by atoms with E-state index in [0.29, 0.717) is 11.3 Å². The predicted octanol–water partition coefficient (Wildman–Crippen LogP) is 11.7. The van der Waals surface area contributed by atoms with Crippen LogP contribution >= 0.6 is 0 Å². The van der Waals surface area contributed by atoms with Crippen molar-refractivity contribution in [3.63, 3.8) is 0 Å². The number of benzene rings is 6. The molecule has 0 bridgehead atoms. The van der Waals surface area contributed by atoms with Crippen LogP contribution in [-0.4, -0.2) is 15.1 Å². The summed E-state index contributed by atoms with van der Waals surface area (Å²) in [4.78, 5) is 9.95. The molecule has 9 aromatic rings. The van der Waals surface area contributed by atoms with Crippen molar-refractivity contribution < 1.29 is 30.6 Å². The third-order valence-corrected chi connectivity index (χ3v) is 9.09. The first kappa shape index (κ1) is 31.4. The van der Waals surface area contributed by atoms with Gasteiger partial charge in [-0.2, -0.15) is 0 Å². The Kier molecular flexibility index (Phi) is 8.10. The van der Waals surface area contributed by atoms with Gasteiger partial charge in [0.2, 0.25) is 0 Å². The van der Waals surface area contributed by atoms with Crippen molar-refractivity contribution in [1.82, 2.24) is 9.97 Å². The number of phenols is 1. The normalized spacial score (nSPS) is 11.2. The zero-order valence-electron chi connectivity index (χ0n) is 27.0. The molecular weight excluding hydrogens is 796 g/mol. The number of rotatable bonds is 5. The molecule has 0 spiro atoms. The van der Waals surface area contributed by atoms with Crippen LogP contribution in [-0.2, 0) is 21.1 Å². The molecule has 0 aliphatic rings. The number of aryl methyl sites for hydroxylation is 1. The summed E-state index contributed by atoms with van der Waals surface area (Å²) in [6.45, 7) is 2.02. The zero-order valence-corrected chi connectivity index (χ0v) is 29.3. The molecule has 0 saturated carbocycles. The van der Waals surface area contributed by atoms with E-state index in [2.05, 4.69) is 91.0 Å². The van der Waals surface area contributed by atoms with Gasteiger partial charge in [0.15, 0.2) is 0 Å². The second kappa shape index (κ2) is 12.9. The van der Waals surface area contributed by atoms with Gasteiger partial charge in [-0.3, -0.25) is 9.97 Å². The summed E-state index contributed by atoms with van der Waals surface area (Å²) in [6.07, 6.45) is 0. The van der Waals surface area contributed by atoms with E-state index >= 15 is 0 Å². The average Bonchev–Trinajstić information content (AvgIpc) is 3.50. The fourth-order valence-electron chi connectivity index (χ4n) is 6.68. The largest absolute Gasteiger partial charge is 0.507 e. The van der Waals surface area contributed by atoms with Crippen molar-refractivity contribution in [2.45, 2.75) is 6.92 Å². The van der Waals surface area contributed by atoms with Gasteiger partial charge in [-0.25, -0.2) is 0 Å². The van der Waals surface area contributed by atoms with Crippen LogP contribution in [0.5, 0.6) is 5.75 Å². The van der Waals surface area contributed by atoms with Crippen LogP contribution in [0.2, 0.25) is 0 Å². The van der Waals surface area contributed by atoms with Crippen molar-refractivity contribution >= 4 is 32.7 Å². The van der Waals surface area contributed by atoms with E-state index in [-0.39, 0.29) is 26.8 Å². The molecule has 0 amide bonds. The maximum absolute atomic E-state index is 10.7. The van der Waals surface area contributed by atoms with Gasteiger partial charge in [0, 0.05) is 54.5 Å². The molecule has 6 aromatic carbocycles. The van der Waals surface area contributed by atoms with E-state index < -0.39 is 0 Å². The van der Waals surface area contributed by atoms with Crippen molar-refractivity contribution in [3.8, 4) is 61.8 Å². The summed E-state index contributed by atoms with van der Waals surface area (Å²) in [7, 11) is 0. The van der Waals surface area contributed by atoms with Crippen LogP contribution < -0.4 is 0 Å². The van der Waals surface area contributed by atoms with Gasteiger partial charge in [-0.1, -0.05) is 96.1 Å². The minimum absolute atomic E-state index is 0. The number of nitrogens with zero attached hydrogens (tertiary/aromatic N) is 2. The van der Waals surface area contributed by atoms with Gasteiger partial charge in [-0.05, 0) is 88.5 Å². The van der Waals surface area contributed by atoms with Crippen molar-refractivity contribution in [2.75, 3.05) is 0 Å². The molecule has 242 valence electrons. The monoisotopic (exact) mass is 824 g/mol. The molecule has 9 rings (SSSR count). The first-order valence-corrected chi connectivity index (χ1v) is 16.3. The summed E-state index contributed by atoms with van der Waals surface area (Å²) in [5.74, 6) is 0.189. The number of fused-ring (bicyclic) bond motifs is 4. The standard InChI is InChI=1S/C45H29N2O2.Pt/c1-28-20-35(32-18-19-37-39-22-30-12-5-6-13-31(30)26-45(39)49-44(37)27-32)23-40(46-28)33-14-9-15-34(21-33)41-24-36(29-10-3-2-4-11-29)25-42(47-41)38-16-7-8-17-43(38)48;/h2-20,22-27,48H,1H3;/q-1;. The van der Waals surface area contributed by atoms with Crippen molar-refractivity contribution in [1.29, 1.82) is 0 Å². The number of aromatic hydroxyl groups is 1. The summed E-state index contributed by atoms with van der Waals surface area (Å²) >= 11 is 0. The van der Waals surface area contributed by atoms with E-state index in [1.54, 1.807) is 6.07 Å². The molecule has 0 aliphatic carbocycles.